The van der Waals surface area contributed by atoms with Crippen LogP contribution in [-0.4, -0.2) is 25.5 Å². The van der Waals surface area contributed by atoms with Crippen LogP contribution in [0.3, 0.4) is 0 Å². The van der Waals surface area contributed by atoms with Crippen LogP contribution >= 0.6 is 0 Å². The minimum atomic E-state index is -2.97. The summed E-state index contributed by atoms with van der Waals surface area (Å²) in [6, 6.07) is 10.5. The Bertz CT molecular complexity index is 819. The van der Waals surface area contributed by atoms with Gasteiger partial charge in [-0.3, -0.25) is 4.79 Å². The number of carbonyl (C=O) groups excluding carboxylic acids is 2. The topological polar surface area (TPSA) is 61.8 Å². The van der Waals surface area contributed by atoms with E-state index in [1.54, 1.807) is 24.3 Å². The number of fused-ring (bicyclic) bond motifs is 1. The van der Waals surface area contributed by atoms with E-state index in [1.165, 1.54) is 25.3 Å². The quantitative estimate of drug-likeness (QED) is 0.787. The van der Waals surface area contributed by atoms with Crippen molar-refractivity contribution in [2.45, 2.75) is 19.1 Å². The zero-order valence-electron chi connectivity index (χ0n) is 13.2. The average Bonchev–Trinajstić information content (AvgIpc) is 2.60. The third kappa shape index (κ3) is 3.60. The molecule has 2 aromatic carbocycles. The van der Waals surface area contributed by atoms with Gasteiger partial charge in [-0.05, 0) is 29.8 Å². The Morgan fingerprint density at radius 2 is 2.04 bits per heavy atom. The highest BCUT2D eigenvalue weighted by atomic mass is 19.3. The number of esters is 1. The van der Waals surface area contributed by atoms with Gasteiger partial charge >= 0.3 is 12.6 Å². The lowest BCUT2D eigenvalue weighted by Crippen LogP contribution is -2.21. The molecule has 25 heavy (non-hydrogen) atoms. The maximum absolute atomic E-state index is 12.4. The van der Waals surface area contributed by atoms with E-state index >= 15 is 0 Å². The molecule has 1 aliphatic heterocycles. The number of Topliss-reactive ketones (excluding diaryl/α,β-unsaturated/α-hetero) is 1. The van der Waals surface area contributed by atoms with Gasteiger partial charge in [0.15, 0.2) is 5.78 Å². The monoisotopic (exact) mass is 348 g/mol. The van der Waals surface area contributed by atoms with Crippen LogP contribution in [0.2, 0.25) is 0 Å². The van der Waals surface area contributed by atoms with Gasteiger partial charge in [-0.2, -0.15) is 8.78 Å². The zero-order valence-corrected chi connectivity index (χ0v) is 13.2. The Hall–Kier alpha value is -2.96. The van der Waals surface area contributed by atoms with E-state index < -0.39 is 18.7 Å². The molecule has 3 rings (SSSR count). The molecule has 0 fully saturated rings. The molecular formula is C18H14F2O5. The summed E-state index contributed by atoms with van der Waals surface area (Å²) < 4.78 is 39.5. The Balaban J connectivity index is 1.90. The molecule has 0 saturated heterocycles. The number of ether oxygens (including phenoxy) is 3. The van der Waals surface area contributed by atoms with Crippen molar-refractivity contribution < 1.29 is 32.6 Å². The first-order valence-electron chi connectivity index (χ1n) is 7.45. The van der Waals surface area contributed by atoms with Gasteiger partial charge in [-0.25, -0.2) is 4.79 Å². The van der Waals surface area contributed by atoms with Crippen molar-refractivity contribution in [2.75, 3.05) is 7.11 Å². The van der Waals surface area contributed by atoms with E-state index in [4.69, 9.17) is 4.74 Å². The third-order valence-electron chi connectivity index (χ3n) is 3.80. The fourth-order valence-corrected chi connectivity index (χ4v) is 2.65. The first-order chi connectivity index (χ1) is 12.0. The van der Waals surface area contributed by atoms with Crippen molar-refractivity contribution in [3.05, 3.63) is 59.2 Å². The molecule has 0 N–H and O–H groups in total. The van der Waals surface area contributed by atoms with E-state index in [1.807, 2.05) is 0 Å². The molecule has 1 atom stereocenters. The SMILES string of the molecule is COC(=O)c1cccc([C@H]2CC(=O)c3ccc(OC(F)F)cc3O2)c1. The van der Waals surface area contributed by atoms with Crippen LogP contribution in [0.1, 0.15) is 38.8 Å². The zero-order chi connectivity index (χ0) is 18.0. The molecule has 7 heteroatoms. The molecule has 0 amide bonds. The highest BCUT2D eigenvalue weighted by Gasteiger charge is 2.28. The average molecular weight is 348 g/mol. The molecule has 1 heterocycles. The molecule has 5 nitrogen and oxygen atoms in total. The van der Waals surface area contributed by atoms with Crippen molar-refractivity contribution in [1.29, 1.82) is 0 Å². The predicted octanol–water partition coefficient (Wildman–Crippen LogP) is 3.78. The lowest BCUT2D eigenvalue weighted by molar-refractivity contribution is -0.0500. The van der Waals surface area contributed by atoms with E-state index in [0.29, 0.717) is 16.7 Å². The van der Waals surface area contributed by atoms with Crippen LogP contribution in [0.25, 0.3) is 0 Å². The number of hydrogen-bond acceptors (Lipinski definition) is 5. The molecule has 0 aromatic heterocycles. The number of halogens is 2. The highest BCUT2D eigenvalue weighted by molar-refractivity contribution is 6.00. The number of hydrogen-bond donors (Lipinski definition) is 0. The summed E-state index contributed by atoms with van der Waals surface area (Å²) >= 11 is 0. The number of ketones is 1. The standard InChI is InChI=1S/C18H14F2O5/c1-23-17(22)11-4-2-3-10(7-11)15-9-14(21)13-6-5-12(24-18(19)20)8-16(13)25-15/h2-8,15,18H,9H2,1H3/t15-/m1/s1. The van der Waals surface area contributed by atoms with Gasteiger partial charge in [0.2, 0.25) is 0 Å². The summed E-state index contributed by atoms with van der Waals surface area (Å²) in [5.41, 5.74) is 1.25. The minimum Gasteiger partial charge on any atom is -0.484 e. The maximum Gasteiger partial charge on any atom is 0.387 e. The Morgan fingerprint density at radius 3 is 2.76 bits per heavy atom. The molecular weight excluding hydrogens is 334 g/mol. The van der Waals surface area contributed by atoms with E-state index in [9.17, 15) is 18.4 Å². The van der Waals surface area contributed by atoms with Crippen LogP contribution in [-0.2, 0) is 4.74 Å². The number of rotatable bonds is 4. The maximum atomic E-state index is 12.4. The van der Waals surface area contributed by atoms with Gasteiger partial charge in [-0.1, -0.05) is 12.1 Å². The molecule has 0 bridgehead atoms. The molecule has 0 unspecified atom stereocenters. The molecule has 130 valence electrons. The Kier molecular flexibility index (Phi) is 4.65. The lowest BCUT2D eigenvalue weighted by atomic mass is 9.95. The predicted molar refractivity (Wildman–Crippen MR) is 83.2 cm³/mol. The summed E-state index contributed by atoms with van der Waals surface area (Å²) in [6.45, 7) is -2.97. The fourth-order valence-electron chi connectivity index (χ4n) is 2.65. The number of benzene rings is 2. The largest absolute Gasteiger partial charge is 0.484 e. The van der Waals surface area contributed by atoms with Gasteiger partial charge in [0.25, 0.3) is 0 Å². The second-order valence-corrected chi connectivity index (χ2v) is 5.39. The summed E-state index contributed by atoms with van der Waals surface area (Å²) in [4.78, 5) is 24.0. The first kappa shape index (κ1) is 16.9. The van der Waals surface area contributed by atoms with E-state index in [0.717, 1.165) is 0 Å². The lowest BCUT2D eigenvalue weighted by Gasteiger charge is -2.26. The first-order valence-corrected chi connectivity index (χ1v) is 7.45. The van der Waals surface area contributed by atoms with Gasteiger partial charge in [0, 0.05) is 6.07 Å². The van der Waals surface area contributed by atoms with Crippen molar-refractivity contribution in [3.8, 4) is 11.5 Å². The molecule has 0 spiro atoms. The third-order valence-corrected chi connectivity index (χ3v) is 3.80. The Labute approximate surface area is 142 Å². The number of carbonyl (C=O) groups is 2. The van der Waals surface area contributed by atoms with Crippen LogP contribution < -0.4 is 9.47 Å². The van der Waals surface area contributed by atoms with Gasteiger partial charge < -0.3 is 14.2 Å². The van der Waals surface area contributed by atoms with Crippen LogP contribution in [0.4, 0.5) is 8.78 Å². The second-order valence-electron chi connectivity index (χ2n) is 5.39. The smallest absolute Gasteiger partial charge is 0.387 e. The Morgan fingerprint density at radius 1 is 1.24 bits per heavy atom. The van der Waals surface area contributed by atoms with Crippen molar-refractivity contribution in [1.82, 2.24) is 0 Å². The van der Waals surface area contributed by atoms with Crippen molar-refractivity contribution in [3.63, 3.8) is 0 Å². The number of methoxy groups -OCH3 is 1. The van der Waals surface area contributed by atoms with Crippen LogP contribution in [0.15, 0.2) is 42.5 Å². The summed E-state index contributed by atoms with van der Waals surface area (Å²) in [5.74, 6) is -0.608. The number of alkyl halides is 2. The van der Waals surface area contributed by atoms with Crippen molar-refractivity contribution >= 4 is 11.8 Å². The summed E-state index contributed by atoms with van der Waals surface area (Å²) in [5, 5.41) is 0. The molecule has 0 radical (unpaired) electrons. The van der Waals surface area contributed by atoms with Gasteiger partial charge in [-0.15, -0.1) is 0 Å². The van der Waals surface area contributed by atoms with Gasteiger partial charge in [0.1, 0.15) is 17.6 Å². The van der Waals surface area contributed by atoms with E-state index in [-0.39, 0.29) is 23.7 Å². The van der Waals surface area contributed by atoms with Gasteiger partial charge in [0.05, 0.1) is 24.7 Å². The second kappa shape index (κ2) is 6.88. The highest BCUT2D eigenvalue weighted by Crippen LogP contribution is 2.37. The molecule has 2 aromatic rings. The fraction of sp³-hybridized carbons (Fsp3) is 0.222. The van der Waals surface area contributed by atoms with Crippen LogP contribution in [0, 0.1) is 0 Å². The molecule has 0 aliphatic carbocycles. The summed E-state index contributed by atoms with van der Waals surface area (Å²) in [7, 11) is 1.27. The molecule has 0 saturated carbocycles. The minimum absolute atomic E-state index is 0.0761. The van der Waals surface area contributed by atoms with Crippen LogP contribution in [0.5, 0.6) is 11.5 Å². The normalized spacial score (nSPS) is 16.2. The van der Waals surface area contributed by atoms with E-state index in [2.05, 4.69) is 9.47 Å². The summed E-state index contributed by atoms with van der Waals surface area (Å²) in [6.07, 6.45) is -0.557. The van der Waals surface area contributed by atoms with Crippen molar-refractivity contribution in [2.24, 2.45) is 0 Å². The molecule has 1 aliphatic rings.